The predicted molar refractivity (Wildman–Crippen MR) is 91.9 cm³/mol. The predicted octanol–water partition coefficient (Wildman–Crippen LogP) is 5.80. The third kappa shape index (κ3) is 2.84. The number of hydrogen-bond donors (Lipinski definition) is 0. The molecule has 0 N–H and O–H groups in total. The summed E-state index contributed by atoms with van der Waals surface area (Å²) in [5.41, 5.74) is 4.93. The highest BCUT2D eigenvalue weighted by Crippen LogP contribution is 2.42. The summed E-state index contributed by atoms with van der Waals surface area (Å²) in [6.45, 7) is 7.24. The molecule has 1 aliphatic rings. The van der Waals surface area contributed by atoms with Crippen LogP contribution in [0.3, 0.4) is 0 Å². The maximum atomic E-state index is 6.18. The standard InChI is InChI=1S/C18H18BrClO/c1-11-6-13(8-14(20)7-11)17(19)12-4-5-16-15(9-12)18(2,3)10-21-16/h4-9,17H,10H2,1-3H3. The van der Waals surface area contributed by atoms with E-state index in [1.807, 2.05) is 12.1 Å². The van der Waals surface area contributed by atoms with Gasteiger partial charge in [-0.2, -0.15) is 0 Å². The van der Waals surface area contributed by atoms with Crippen LogP contribution >= 0.6 is 27.5 Å². The van der Waals surface area contributed by atoms with Crippen LogP contribution in [0.2, 0.25) is 5.02 Å². The number of rotatable bonds is 2. The summed E-state index contributed by atoms with van der Waals surface area (Å²) in [4.78, 5) is 0.136. The first-order chi connectivity index (χ1) is 9.87. The third-order valence-corrected chi connectivity index (χ3v) is 5.25. The summed E-state index contributed by atoms with van der Waals surface area (Å²) < 4.78 is 5.76. The highest BCUT2D eigenvalue weighted by molar-refractivity contribution is 9.09. The van der Waals surface area contributed by atoms with E-state index in [2.05, 4.69) is 61.0 Å². The van der Waals surface area contributed by atoms with Gasteiger partial charge in [0.05, 0.1) is 11.4 Å². The first-order valence-corrected chi connectivity index (χ1v) is 8.34. The number of benzene rings is 2. The zero-order chi connectivity index (χ0) is 15.2. The fourth-order valence-electron chi connectivity index (χ4n) is 2.80. The first kappa shape index (κ1) is 14.9. The molecule has 0 aromatic heterocycles. The second-order valence-corrected chi connectivity index (χ2v) is 7.70. The van der Waals surface area contributed by atoms with Crippen molar-refractivity contribution in [2.24, 2.45) is 0 Å². The molecule has 0 saturated carbocycles. The lowest BCUT2D eigenvalue weighted by Crippen LogP contribution is -2.18. The molecule has 3 rings (SSSR count). The quantitative estimate of drug-likeness (QED) is 0.611. The number of fused-ring (bicyclic) bond motifs is 1. The molecule has 110 valence electrons. The minimum absolute atomic E-state index is 0.0717. The Labute approximate surface area is 139 Å². The Balaban J connectivity index is 2.01. The molecule has 1 aliphatic heterocycles. The molecule has 0 spiro atoms. The molecular formula is C18H18BrClO. The van der Waals surface area contributed by atoms with Gasteiger partial charge < -0.3 is 4.74 Å². The van der Waals surface area contributed by atoms with Crippen molar-refractivity contribution in [1.29, 1.82) is 0 Å². The fourth-order valence-corrected chi connectivity index (χ4v) is 3.65. The zero-order valence-electron chi connectivity index (χ0n) is 12.4. The van der Waals surface area contributed by atoms with Gasteiger partial charge in [-0.15, -0.1) is 0 Å². The van der Waals surface area contributed by atoms with Crippen LogP contribution in [0.5, 0.6) is 5.75 Å². The Kier molecular flexibility index (Phi) is 3.79. The maximum absolute atomic E-state index is 6.18. The van der Waals surface area contributed by atoms with Crippen LogP contribution in [-0.2, 0) is 5.41 Å². The molecular weight excluding hydrogens is 348 g/mol. The van der Waals surface area contributed by atoms with Crippen molar-refractivity contribution >= 4 is 27.5 Å². The molecule has 1 nitrogen and oxygen atoms in total. The van der Waals surface area contributed by atoms with E-state index in [-0.39, 0.29) is 10.2 Å². The summed E-state index contributed by atoms with van der Waals surface area (Å²) in [7, 11) is 0. The van der Waals surface area contributed by atoms with Crippen LogP contribution in [0, 0.1) is 6.92 Å². The van der Waals surface area contributed by atoms with Crippen LogP contribution in [0.1, 0.15) is 40.9 Å². The molecule has 0 bridgehead atoms. The molecule has 0 saturated heterocycles. The zero-order valence-corrected chi connectivity index (χ0v) is 14.8. The molecule has 0 fully saturated rings. The molecule has 1 atom stereocenters. The fraction of sp³-hybridized carbons (Fsp3) is 0.333. The van der Waals surface area contributed by atoms with Crippen molar-refractivity contribution in [3.05, 3.63) is 63.7 Å². The second kappa shape index (κ2) is 5.33. The first-order valence-electron chi connectivity index (χ1n) is 7.05. The molecule has 2 aromatic rings. The Hall–Kier alpha value is -0.990. The van der Waals surface area contributed by atoms with Gasteiger partial charge >= 0.3 is 0 Å². The Morgan fingerprint density at radius 1 is 1.14 bits per heavy atom. The van der Waals surface area contributed by atoms with Gasteiger partial charge in [0.15, 0.2) is 0 Å². The van der Waals surface area contributed by atoms with E-state index in [0.29, 0.717) is 0 Å². The minimum atomic E-state index is 0.0717. The van der Waals surface area contributed by atoms with Gasteiger partial charge in [0.25, 0.3) is 0 Å². The van der Waals surface area contributed by atoms with Gasteiger partial charge in [0.1, 0.15) is 5.75 Å². The molecule has 1 heterocycles. The van der Waals surface area contributed by atoms with Gasteiger partial charge in [-0.1, -0.05) is 53.5 Å². The van der Waals surface area contributed by atoms with Crippen molar-refractivity contribution in [3.63, 3.8) is 0 Å². The van der Waals surface area contributed by atoms with Crippen LogP contribution in [0.15, 0.2) is 36.4 Å². The monoisotopic (exact) mass is 364 g/mol. The van der Waals surface area contributed by atoms with Gasteiger partial charge in [-0.25, -0.2) is 0 Å². The van der Waals surface area contributed by atoms with Gasteiger partial charge in [-0.05, 0) is 47.9 Å². The largest absolute Gasteiger partial charge is 0.492 e. The van der Waals surface area contributed by atoms with Crippen molar-refractivity contribution < 1.29 is 4.74 Å². The lowest BCUT2D eigenvalue weighted by atomic mass is 9.85. The van der Waals surface area contributed by atoms with Crippen LogP contribution in [0.4, 0.5) is 0 Å². The smallest absolute Gasteiger partial charge is 0.123 e. The van der Waals surface area contributed by atoms with Gasteiger partial charge in [0.2, 0.25) is 0 Å². The van der Waals surface area contributed by atoms with E-state index in [1.54, 1.807) is 0 Å². The average Bonchev–Trinajstić information content (AvgIpc) is 2.72. The summed E-state index contributed by atoms with van der Waals surface area (Å²) in [6, 6.07) is 12.6. The summed E-state index contributed by atoms with van der Waals surface area (Å²) in [6.07, 6.45) is 0. The number of ether oxygens (including phenoxy) is 1. The van der Waals surface area contributed by atoms with Crippen LogP contribution in [-0.4, -0.2) is 6.61 Å². The van der Waals surface area contributed by atoms with Crippen molar-refractivity contribution in [1.82, 2.24) is 0 Å². The van der Waals surface area contributed by atoms with Gasteiger partial charge in [-0.3, -0.25) is 0 Å². The van der Waals surface area contributed by atoms with Crippen LogP contribution in [0.25, 0.3) is 0 Å². The van der Waals surface area contributed by atoms with E-state index in [9.17, 15) is 0 Å². The summed E-state index contributed by atoms with van der Waals surface area (Å²) in [5.74, 6) is 1.01. The highest BCUT2D eigenvalue weighted by atomic mass is 79.9. The molecule has 0 aliphatic carbocycles. The second-order valence-electron chi connectivity index (χ2n) is 6.35. The topological polar surface area (TPSA) is 9.23 Å². The Morgan fingerprint density at radius 2 is 1.90 bits per heavy atom. The normalized spacial score (nSPS) is 17.2. The lowest BCUT2D eigenvalue weighted by Gasteiger charge is -2.18. The summed E-state index contributed by atoms with van der Waals surface area (Å²) >= 11 is 9.99. The van der Waals surface area contributed by atoms with Crippen LogP contribution < -0.4 is 4.74 Å². The van der Waals surface area contributed by atoms with Gasteiger partial charge in [0, 0.05) is 16.0 Å². The molecule has 0 amide bonds. The van der Waals surface area contributed by atoms with Crippen molar-refractivity contribution in [2.45, 2.75) is 31.0 Å². The average molecular weight is 366 g/mol. The molecule has 3 heteroatoms. The SMILES string of the molecule is Cc1cc(Cl)cc(C(Br)c2ccc3c(c2)C(C)(C)CO3)c1. The molecule has 21 heavy (non-hydrogen) atoms. The Morgan fingerprint density at radius 3 is 2.62 bits per heavy atom. The minimum Gasteiger partial charge on any atom is -0.492 e. The van der Waals surface area contributed by atoms with E-state index in [0.717, 1.165) is 17.4 Å². The number of aryl methyl sites for hydroxylation is 1. The number of halogens is 2. The van der Waals surface area contributed by atoms with E-state index in [4.69, 9.17) is 16.3 Å². The molecule has 1 unspecified atom stereocenters. The molecule has 0 radical (unpaired) electrons. The third-order valence-electron chi connectivity index (χ3n) is 3.97. The number of alkyl halides is 1. The Bertz CT molecular complexity index is 673. The molecule has 2 aromatic carbocycles. The maximum Gasteiger partial charge on any atom is 0.123 e. The van der Waals surface area contributed by atoms with E-state index in [1.165, 1.54) is 22.3 Å². The van der Waals surface area contributed by atoms with Crippen molar-refractivity contribution in [3.8, 4) is 5.75 Å². The van der Waals surface area contributed by atoms with Crippen molar-refractivity contribution in [2.75, 3.05) is 6.61 Å². The highest BCUT2D eigenvalue weighted by Gasteiger charge is 2.32. The van der Waals surface area contributed by atoms with E-state index < -0.39 is 0 Å². The lowest BCUT2D eigenvalue weighted by molar-refractivity contribution is 0.291. The summed E-state index contributed by atoms with van der Waals surface area (Å²) in [5, 5.41) is 0.777. The van der Waals surface area contributed by atoms with E-state index >= 15 is 0 Å². The number of hydrogen-bond acceptors (Lipinski definition) is 1.